The SMILES string of the molecule is CC1(C=O)COC1.CC1(CCCO)COC1.CC1(CCCOS(C)(=O)=O)COC1.CCOC(=O)/C=C/C1(C)COC1.CCOC(=O)CCC1(C)COC1.CCOC(=O)CP(=O)(OCC)OCC.CS(=O)(=O)Cl.Cn1cnc2c1c(=O)[nH]c(=O)n2C.Cn1cnc2c1c(=O)n(CCCC1(C)COC1)c(=O)n2C.Cn1cnc2c1c(=O)n(CCCC1(C)COC1)c(=O)n2C.[AlH3].[H-].[H-].[HH].[Li+].[Na+]. The van der Waals surface area contributed by atoms with Crippen LogP contribution in [0.4, 0.5) is 0 Å². The van der Waals surface area contributed by atoms with Crippen molar-refractivity contribution < 1.29 is 159 Å². The third-order valence-corrected chi connectivity index (χ3v) is 23.3. The first kappa shape index (κ1) is 122. The number of esters is 3. The Morgan fingerprint density at radius 1 is 0.531 bits per heavy atom. The van der Waals surface area contributed by atoms with Crippen LogP contribution in [0, 0.1) is 37.9 Å². The number of H-pyrrole nitrogens is 1. The van der Waals surface area contributed by atoms with Gasteiger partial charge in [0.2, 0.25) is 9.05 Å². The molecule has 7 aliphatic rings. The predicted molar refractivity (Wildman–Crippen MR) is 489 cm³/mol. The Labute approximate surface area is 813 Å². The minimum atomic E-state index is -3.28. The number of nitrogens with one attached hydrogen (secondary N) is 1. The summed E-state index contributed by atoms with van der Waals surface area (Å²) >= 11 is 0. The molecule has 130 heavy (non-hydrogen) atoms. The van der Waals surface area contributed by atoms with Crippen LogP contribution in [0.5, 0.6) is 0 Å². The molecule has 0 aliphatic carbocycles. The fraction of sp³-hybridized carbons (Fsp3) is 0.744. The summed E-state index contributed by atoms with van der Waals surface area (Å²) in [5.74, 6) is -0.922. The van der Waals surface area contributed by atoms with E-state index in [0.717, 1.165) is 143 Å². The fourth-order valence-corrected chi connectivity index (χ4v) is 14.8. The Morgan fingerprint density at radius 2 is 0.869 bits per heavy atom. The van der Waals surface area contributed by atoms with Crippen molar-refractivity contribution in [3.63, 3.8) is 0 Å². The molecule has 41 nitrogen and oxygen atoms in total. The van der Waals surface area contributed by atoms with Crippen molar-refractivity contribution in [2.24, 2.45) is 80.2 Å². The molecular weight excluding hydrogens is 1800 g/mol. The van der Waals surface area contributed by atoms with Crippen molar-refractivity contribution >= 4 is 112 Å². The standard InChI is InChI=1S/2C14H20N4O3.C9H16O3.C9H14O3.C8H17O5P.C8H16O4S.C7H8N4O2.C7H14O2.C5H8O2.CH3ClO2S.Al.Li.Na.H2.5H/c2*1-14(7-21-8-14)5-4-6-18-12(19)10-11(15-9-16(10)2)17(3)13(18)20;2*1-3-12-8(10)4-5-9(2)6-11-7-9;1-4-11-8(9)7-14(10,12-5-2)13-6-3;1-8(6-11-7-8)4-3-5-12-13(2,9)10;1-10-3-8-5-4(10)6(12)9-7(13)11(5)2;1-7(3-2-4-8)5-9-6-7;1-5(2-6)3-7-4-5;1-5(2,3)4;;;;;;;;;/h2*9H,4-8H2,1-3H3;3-7H2,1-2H3;4-5H,3,6-7H2,1-2H3;4-7H2,1-3H3;3-7H2,1-2H3;3H,1-2H3,(H,9,12,13);8H,2-6H2,1H3;2H,3-4H2,1H3;1H3;;;;1H;;;;;/q;;;;;;;;;;;2*+1;;;;;2*-1/b;;;5-4+;;;;;;;;;;;;;;;. The van der Waals surface area contributed by atoms with E-state index in [1.54, 1.807) is 96.3 Å². The van der Waals surface area contributed by atoms with Gasteiger partial charge >= 0.3 is 91.0 Å². The maximum absolute atomic E-state index is 12.5. The summed E-state index contributed by atoms with van der Waals surface area (Å²) in [5.41, 5.74) is 1.80. The maximum Gasteiger partial charge on any atom is 1.00 e. The Morgan fingerprint density at radius 3 is 1.18 bits per heavy atom. The molecule has 0 unspecified atom stereocenters. The molecule has 13 heterocycles. The summed E-state index contributed by atoms with van der Waals surface area (Å²) in [6.07, 6.45) is 19.2. The molecular formula is C82H143AlClLiN12NaO29PS2. The Bertz CT molecular complexity index is 5120. The molecule has 0 amide bonds. The van der Waals surface area contributed by atoms with Crippen molar-refractivity contribution in [2.75, 3.05) is 157 Å². The number of hydrogen-bond donors (Lipinski definition) is 2. The third-order valence-electron chi connectivity index (χ3n) is 20.8. The second-order valence-electron chi connectivity index (χ2n) is 34.6. The van der Waals surface area contributed by atoms with Gasteiger partial charge < -0.3 is 82.9 Å². The van der Waals surface area contributed by atoms with Crippen LogP contribution in [-0.2, 0) is 159 Å². The number of nitrogens with zero attached hydrogens (tertiary/aromatic N) is 11. The van der Waals surface area contributed by atoms with Gasteiger partial charge in [0.15, 0.2) is 50.9 Å². The van der Waals surface area contributed by atoms with Gasteiger partial charge in [0.25, 0.3) is 26.8 Å². The number of fused-ring (bicyclic) bond motifs is 3. The van der Waals surface area contributed by atoms with Gasteiger partial charge in [-0.1, -0.05) is 47.6 Å². The second-order valence-corrected chi connectivity index (χ2v) is 41.3. The summed E-state index contributed by atoms with van der Waals surface area (Å²) in [6, 6.07) is 0. The zero-order valence-electron chi connectivity index (χ0n) is 81.4. The molecule has 6 aromatic heterocycles. The van der Waals surface area contributed by atoms with E-state index in [1.165, 1.54) is 35.2 Å². The van der Waals surface area contributed by atoms with Gasteiger partial charge in [0, 0.05) is 119 Å². The molecule has 13 rings (SSSR count). The quantitative estimate of drug-likeness (QED) is 0.00610. The molecule has 48 heteroatoms. The summed E-state index contributed by atoms with van der Waals surface area (Å²) in [5, 5.41) is 8.51. The summed E-state index contributed by atoms with van der Waals surface area (Å²) in [4.78, 5) is 129. The van der Waals surface area contributed by atoms with E-state index in [9.17, 15) is 69.3 Å². The van der Waals surface area contributed by atoms with Crippen molar-refractivity contribution in [3.8, 4) is 0 Å². The van der Waals surface area contributed by atoms with Gasteiger partial charge in [-0.15, -0.1) is 0 Å². The monoisotopic (exact) mass is 1950 g/mol. The molecule has 7 saturated heterocycles. The number of aldehydes is 1. The van der Waals surface area contributed by atoms with Gasteiger partial charge in [0.05, 0.1) is 169 Å². The number of imidazole rings is 3. The van der Waals surface area contributed by atoms with E-state index in [1.807, 2.05) is 26.8 Å². The number of carbonyl (C=O) groups is 4. The summed E-state index contributed by atoms with van der Waals surface area (Å²) in [6.45, 7) is 37.1. The molecule has 0 radical (unpaired) electrons. The van der Waals surface area contributed by atoms with Crippen LogP contribution in [-0.4, -0.2) is 277 Å². The summed E-state index contributed by atoms with van der Waals surface area (Å²) < 4.78 is 128. The number of aliphatic hydroxyl groups excluding tert-OH is 1. The van der Waals surface area contributed by atoms with Crippen LogP contribution in [0.25, 0.3) is 33.5 Å². The maximum atomic E-state index is 12.5. The number of aryl methyl sites for hydroxylation is 6. The number of aromatic amines is 1. The number of aliphatic hydroxyl groups is 1. The molecule has 2 N–H and O–H groups in total. The molecule has 734 valence electrons. The first-order valence-corrected chi connectivity index (χ1v) is 48.3. The zero-order valence-corrected chi connectivity index (χ0v) is 84.7. The van der Waals surface area contributed by atoms with Gasteiger partial charge in [-0.2, -0.15) is 8.42 Å². The summed E-state index contributed by atoms with van der Waals surface area (Å²) in [7, 11) is 4.85. The van der Waals surface area contributed by atoms with E-state index < -0.39 is 44.0 Å². The average molecular weight is 1950 g/mol. The van der Waals surface area contributed by atoms with Crippen LogP contribution < -0.4 is 82.2 Å². The smallest absolute Gasteiger partial charge is 1.00 e. The molecule has 0 atom stereocenters. The molecule has 0 saturated carbocycles. The Hall–Kier alpha value is -5.62. The minimum Gasteiger partial charge on any atom is -1.00 e. The number of aromatic nitrogens is 12. The molecule has 7 fully saturated rings. The molecule has 0 aromatic carbocycles. The molecule has 6 aromatic rings. The Kier molecular flexibility index (Phi) is 53.5. The van der Waals surface area contributed by atoms with Crippen molar-refractivity contribution in [2.45, 2.75) is 160 Å². The van der Waals surface area contributed by atoms with Gasteiger partial charge in [0.1, 0.15) is 12.4 Å². The normalized spacial score (nSPS) is 17.1. The van der Waals surface area contributed by atoms with Gasteiger partial charge in [-0.3, -0.25) is 60.5 Å². The fourth-order valence-electron chi connectivity index (χ4n) is 13.0. The number of ether oxygens (including phenoxy) is 10. The van der Waals surface area contributed by atoms with Crippen molar-refractivity contribution in [1.82, 2.24) is 56.5 Å². The van der Waals surface area contributed by atoms with Gasteiger partial charge in [-0.25, -0.2) is 42.5 Å². The van der Waals surface area contributed by atoms with E-state index in [0.29, 0.717) is 105 Å². The second kappa shape index (κ2) is 56.8. The van der Waals surface area contributed by atoms with E-state index in [-0.39, 0.29) is 170 Å². The van der Waals surface area contributed by atoms with Crippen LogP contribution in [0.15, 0.2) is 59.9 Å². The Balaban J connectivity index is -0.00000143. The molecule has 7 aliphatic heterocycles. The van der Waals surface area contributed by atoms with Crippen molar-refractivity contribution in [1.29, 1.82) is 0 Å². The predicted octanol–water partition coefficient (Wildman–Crippen LogP) is -0.939. The average Bonchev–Trinajstić information content (AvgIpc) is 1.65. The zero-order chi connectivity index (χ0) is 95.6. The number of halogens is 1. The van der Waals surface area contributed by atoms with E-state index >= 15 is 0 Å². The van der Waals surface area contributed by atoms with Crippen LogP contribution >= 0.6 is 18.3 Å². The number of carbonyl (C=O) groups excluding carboxylic acids is 4. The van der Waals surface area contributed by atoms with Crippen LogP contribution in [0.1, 0.15) is 152 Å². The first-order valence-electron chi connectivity index (χ1n) is 42.0. The third kappa shape index (κ3) is 40.7. The van der Waals surface area contributed by atoms with E-state index in [2.05, 4.69) is 74.2 Å². The largest absolute Gasteiger partial charge is 1.00 e. The van der Waals surface area contributed by atoms with Crippen molar-refractivity contribution in [3.05, 3.63) is 93.6 Å². The van der Waals surface area contributed by atoms with Crippen LogP contribution in [0.3, 0.4) is 0 Å². The topological polar surface area (TPSA) is 490 Å². The molecule has 0 bridgehead atoms. The first-order chi connectivity index (χ1) is 59.3. The van der Waals surface area contributed by atoms with Crippen LogP contribution in [0.2, 0.25) is 0 Å². The van der Waals surface area contributed by atoms with E-state index in [4.69, 9.17) is 56.8 Å². The number of rotatable bonds is 31. The minimum absolute atomic E-state index is 0. The molecule has 0 spiro atoms. The number of hydrogen-bond acceptors (Lipinski definition) is 32. The van der Waals surface area contributed by atoms with Gasteiger partial charge in [-0.05, 0) is 99.3 Å².